The number of nitrogens with one attached hydrogen (secondary N) is 10. The van der Waals surface area contributed by atoms with Gasteiger partial charge in [-0.15, -0.1) is 0 Å². The van der Waals surface area contributed by atoms with Crippen LogP contribution in [0.2, 0.25) is 0 Å². The summed E-state index contributed by atoms with van der Waals surface area (Å²) in [4.78, 5) is 24.5. The van der Waals surface area contributed by atoms with E-state index in [1.165, 1.54) is 0 Å². The van der Waals surface area contributed by atoms with Gasteiger partial charge in [-0.2, -0.15) is 0 Å². The summed E-state index contributed by atoms with van der Waals surface area (Å²) in [7, 11) is 0. The molecule has 15 nitrogen and oxygen atoms in total. The Morgan fingerprint density at radius 1 is 0.571 bits per heavy atom. The first kappa shape index (κ1) is 47.5. The van der Waals surface area contributed by atoms with Crippen molar-refractivity contribution in [2.45, 2.75) is 78.0 Å². The van der Waals surface area contributed by atoms with E-state index in [9.17, 15) is 9.59 Å². The maximum Gasteiger partial charge on any atom is 0.221 e. The fourth-order valence-corrected chi connectivity index (χ4v) is 4.95. The minimum absolute atomic E-state index is 0.0533. The van der Waals surface area contributed by atoms with Crippen molar-refractivity contribution in [1.82, 2.24) is 53.2 Å². The fraction of sp³-hybridized carbons (Fsp3) is 0.941. The summed E-state index contributed by atoms with van der Waals surface area (Å²) in [5.41, 5.74) is 10.4. The molecule has 49 heavy (non-hydrogen) atoms. The molecule has 0 aliphatic rings. The van der Waals surface area contributed by atoms with Gasteiger partial charge in [-0.25, -0.2) is 0 Å². The van der Waals surface area contributed by atoms with Crippen molar-refractivity contribution in [3.05, 3.63) is 0 Å². The summed E-state index contributed by atoms with van der Waals surface area (Å²) in [6, 6.07) is 0.211. The second-order valence-corrected chi connectivity index (χ2v) is 14.0. The van der Waals surface area contributed by atoms with Gasteiger partial charge in [-0.1, -0.05) is 6.92 Å². The van der Waals surface area contributed by atoms with Crippen LogP contribution in [0.1, 0.15) is 60.8 Å². The molecule has 0 aromatic heterocycles. The zero-order valence-electron chi connectivity index (χ0n) is 32.1. The number of ether oxygens (including phenoxy) is 1. The van der Waals surface area contributed by atoms with Gasteiger partial charge in [0.15, 0.2) is 0 Å². The third-order valence-corrected chi connectivity index (χ3v) is 8.34. The van der Waals surface area contributed by atoms with Gasteiger partial charge in [0, 0.05) is 142 Å². The molecule has 292 valence electrons. The molecule has 14 N–H and O–H groups in total. The van der Waals surface area contributed by atoms with Crippen molar-refractivity contribution < 1.29 is 14.3 Å². The van der Waals surface area contributed by atoms with E-state index < -0.39 is 0 Å². The molecular weight excluding hydrogens is 624 g/mol. The van der Waals surface area contributed by atoms with Crippen LogP contribution in [0.25, 0.3) is 0 Å². The lowest BCUT2D eigenvalue weighted by Crippen LogP contribution is -2.49. The second kappa shape index (κ2) is 31.3. The lowest BCUT2D eigenvalue weighted by atomic mass is 9.89. The van der Waals surface area contributed by atoms with Crippen LogP contribution < -0.4 is 64.6 Å². The minimum atomic E-state index is -0.313. The first-order valence-electron chi connectivity index (χ1n) is 18.7. The van der Waals surface area contributed by atoms with Crippen LogP contribution in [0.3, 0.4) is 0 Å². The average molecular weight is 703 g/mol. The molecule has 0 aliphatic carbocycles. The maximum absolute atomic E-state index is 12.3. The van der Waals surface area contributed by atoms with Gasteiger partial charge in [0.25, 0.3) is 0 Å². The topological polar surface area (TPSA) is 216 Å². The maximum atomic E-state index is 12.3. The molecule has 15 heteroatoms. The quantitative estimate of drug-likeness (QED) is 0.0308. The zero-order valence-corrected chi connectivity index (χ0v) is 32.1. The Balaban J connectivity index is 3.93. The van der Waals surface area contributed by atoms with Crippen molar-refractivity contribution >= 4 is 11.8 Å². The summed E-state index contributed by atoms with van der Waals surface area (Å²) >= 11 is 0. The molecule has 0 saturated heterocycles. The summed E-state index contributed by atoms with van der Waals surface area (Å²) < 4.78 is 6.37. The first-order chi connectivity index (χ1) is 23.4. The smallest absolute Gasteiger partial charge is 0.221 e. The Bertz CT molecular complexity index is 792. The molecule has 2 amide bonds. The van der Waals surface area contributed by atoms with E-state index in [2.05, 4.69) is 94.7 Å². The molecule has 0 heterocycles. The molecule has 0 radical (unpaired) electrons. The number of carbonyl (C=O) groups excluding carboxylic acids is 2. The Labute approximate surface area is 298 Å². The third-order valence-electron chi connectivity index (χ3n) is 8.34. The highest BCUT2D eigenvalue weighted by molar-refractivity contribution is 5.76. The van der Waals surface area contributed by atoms with E-state index in [-0.39, 0.29) is 34.9 Å². The van der Waals surface area contributed by atoms with Crippen molar-refractivity contribution in [1.29, 1.82) is 0 Å². The van der Waals surface area contributed by atoms with Gasteiger partial charge in [-0.05, 0) is 47.0 Å². The zero-order chi connectivity index (χ0) is 36.6. The van der Waals surface area contributed by atoms with Gasteiger partial charge in [0.05, 0.1) is 12.2 Å². The highest BCUT2D eigenvalue weighted by Crippen LogP contribution is 2.22. The van der Waals surface area contributed by atoms with Crippen molar-refractivity contribution in [3.8, 4) is 0 Å². The second-order valence-electron chi connectivity index (χ2n) is 14.0. The van der Waals surface area contributed by atoms with E-state index >= 15 is 0 Å². The predicted molar refractivity (Wildman–Crippen MR) is 204 cm³/mol. The van der Waals surface area contributed by atoms with E-state index in [4.69, 9.17) is 16.2 Å². The highest BCUT2D eigenvalue weighted by atomic mass is 16.5. The van der Waals surface area contributed by atoms with Gasteiger partial charge >= 0.3 is 0 Å². The van der Waals surface area contributed by atoms with Crippen LogP contribution in [0.15, 0.2) is 0 Å². The largest absolute Gasteiger partial charge is 0.375 e. The van der Waals surface area contributed by atoms with Gasteiger partial charge in [0.1, 0.15) is 0 Å². The molecule has 2 unspecified atom stereocenters. The Hall–Kier alpha value is -1.50. The van der Waals surface area contributed by atoms with E-state index in [0.717, 1.165) is 85.0 Å². The normalized spacial score (nSPS) is 13.4. The van der Waals surface area contributed by atoms with Crippen molar-refractivity contribution in [2.24, 2.45) is 17.4 Å². The summed E-state index contributed by atoms with van der Waals surface area (Å²) in [5.74, 6) is 0.352. The number of amides is 2. The van der Waals surface area contributed by atoms with Crippen LogP contribution in [0, 0.1) is 5.92 Å². The number of rotatable bonds is 36. The lowest BCUT2D eigenvalue weighted by molar-refractivity contribution is -0.121. The Kier molecular flexibility index (Phi) is 30.3. The van der Waals surface area contributed by atoms with Gasteiger partial charge < -0.3 is 69.4 Å². The molecule has 0 saturated carbocycles. The summed E-state index contributed by atoms with van der Waals surface area (Å²) in [6.45, 7) is 27.6. The Morgan fingerprint density at radius 3 is 1.39 bits per heavy atom. The molecule has 0 rings (SSSR count). The number of hydrogen-bond acceptors (Lipinski definition) is 13. The Morgan fingerprint density at radius 2 is 0.959 bits per heavy atom. The fourth-order valence-electron chi connectivity index (χ4n) is 4.95. The molecule has 0 aliphatic heterocycles. The molecule has 0 aromatic carbocycles. The predicted octanol–water partition coefficient (Wildman–Crippen LogP) is -2.38. The lowest BCUT2D eigenvalue weighted by Gasteiger charge is -2.36. The first-order valence-corrected chi connectivity index (χ1v) is 18.7. The molecule has 0 fully saturated rings. The molecular formula is C34H78N12O3. The van der Waals surface area contributed by atoms with Gasteiger partial charge in [-0.3, -0.25) is 9.59 Å². The molecule has 2 atom stereocenters. The van der Waals surface area contributed by atoms with Crippen LogP contribution in [0.4, 0.5) is 0 Å². The van der Waals surface area contributed by atoms with E-state index in [1.807, 2.05) is 0 Å². The van der Waals surface area contributed by atoms with Crippen LogP contribution in [-0.4, -0.2) is 153 Å². The number of hydrogen-bond donors (Lipinski definition) is 12. The monoisotopic (exact) mass is 703 g/mol. The minimum Gasteiger partial charge on any atom is -0.375 e. The highest BCUT2D eigenvalue weighted by Gasteiger charge is 2.29. The molecule has 0 aromatic rings. The van der Waals surface area contributed by atoms with Gasteiger partial charge in [0.2, 0.25) is 11.8 Å². The summed E-state index contributed by atoms with van der Waals surface area (Å²) in [5, 5.41) is 32.8. The van der Waals surface area contributed by atoms with Crippen LogP contribution in [0.5, 0.6) is 0 Å². The third kappa shape index (κ3) is 31.0. The van der Waals surface area contributed by atoms with E-state index in [1.54, 1.807) is 0 Å². The number of carbonyl (C=O) groups is 2. The van der Waals surface area contributed by atoms with Crippen molar-refractivity contribution in [3.63, 3.8) is 0 Å². The molecule has 0 bridgehead atoms. The van der Waals surface area contributed by atoms with Crippen molar-refractivity contribution in [2.75, 3.05) is 124 Å². The number of nitrogens with two attached hydrogens (primary N) is 2. The summed E-state index contributed by atoms with van der Waals surface area (Å²) in [6.07, 6.45) is 1.71. The standard InChI is InChI=1S/C34H78N12O3/c1-29(34(5,6)46-12-8-32(48)45-26-24-42-22-20-40-18-16-38-14-10-36)28-49-33(3,4)27-30(2)43-11-7-31(47)44-25-23-41-21-19-39-17-15-37-13-9-35/h29-30,37-43,46H,7-28,35-36H2,1-6H3,(H,44,47)(H,45,48). The van der Waals surface area contributed by atoms with E-state index in [0.29, 0.717) is 58.7 Å². The SMILES string of the molecule is CC(CC(C)(C)OCC(C)C(C)(C)NCCC(=O)NCCNCCNCCNCCN)NCCC(=O)NCCNCCNCCNCCN. The average Bonchev–Trinajstić information content (AvgIpc) is 3.04. The molecule has 0 spiro atoms. The van der Waals surface area contributed by atoms with Crippen LogP contribution >= 0.6 is 0 Å². The van der Waals surface area contributed by atoms with Crippen LogP contribution in [-0.2, 0) is 14.3 Å².